The Morgan fingerprint density at radius 1 is 1.67 bits per heavy atom. The largest absolute Gasteiger partial charge is 1.00 e. The molecule has 0 amide bonds. The third-order valence-corrected chi connectivity index (χ3v) is 0. The van der Waals surface area contributed by atoms with Crippen molar-refractivity contribution in [3.63, 3.8) is 0 Å². The SMILES string of the molecule is C[N+](=O)[O-].[Br-].[K+]. The molecule has 0 saturated carbocycles. The van der Waals surface area contributed by atoms with Gasteiger partial charge in [0.05, 0.1) is 0 Å². The van der Waals surface area contributed by atoms with Crippen molar-refractivity contribution in [2.45, 2.75) is 0 Å². The normalized spacial score (nSPS) is 4.17. The molecule has 6 heavy (non-hydrogen) atoms. The van der Waals surface area contributed by atoms with Crippen LogP contribution in [0.1, 0.15) is 0 Å². The maximum absolute atomic E-state index is 8.81. The number of nitrogens with zero attached hydrogens (tertiary/aromatic N) is 1. The summed E-state index contributed by atoms with van der Waals surface area (Å²) in [5, 5.41) is 8.81. The molecule has 0 rings (SSSR count). The zero-order valence-corrected chi connectivity index (χ0v) is 8.35. The van der Waals surface area contributed by atoms with E-state index in [9.17, 15) is 0 Å². The van der Waals surface area contributed by atoms with Gasteiger partial charge in [-0.1, -0.05) is 0 Å². The van der Waals surface area contributed by atoms with Crippen LogP contribution in [0.25, 0.3) is 0 Å². The minimum absolute atomic E-state index is 0. The molecule has 0 bridgehead atoms. The van der Waals surface area contributed by atoms with Gasteiger partial charge in [-0.2, -0.15) is 0 Å². The molecule has 5 heteroatoms. The van der Waals surface area contributed by atoms with Crippen molar-refractivity contribution in [2.75, 3.05) is 7.05 Å². The first-order valence-electron chi connectivity index (χ1n) is 0.812. The van der Waals surface area contributed by atoms with E-state index in [4.69, 9.17) is 10.1 Å². The van der Waals surface area contributed by atoms with E-state index in [-0.39, 0.29) is 68.4 Å². The van der Waals surface area contributed by atoms with Crippen molar-refractivity contribution in [1.29, 1.82) is 0 Å². The van der Waals surface area contributed by atoms with Crippen LogP contribution in [0.5, 0.6) is 0 Å². The van der Waals surface area contributed by atoms with Crippen LogP contribution in [-0.2, 0) is 0 Å². The second kappa shape index (κ2) is 9.72. The fraction of sp³-hybridized carbons (Fsp3) is 1.00. The monoisotopic (exact) mass is 179 g/mol. The third kappa shape index (κ3) is 48.9. The Balaban J connectivity index is -0.0000000450. The van der Waals surface area contributed by atoms with Crippen molar-refractivity contribution < 1.29 is 73.3 Å². The van der Waals surface area contributed by atoms with Gasteiger partial charge in [0.15, 0.2) is 7.05 Å². The quantitative estimate of drug-likeness (QED) is 0.211. The molecule has 0 aromatic heterocycles. The number of rotatable bonds is 0. The number of nitro groups is 1. The van der Waals surface area contributed by atoms with Gasteiger partial charge in [0.2, 0.25) is 0 Å². The van der Waals surface area contributed by atoms with Gasteiger partial charge in [0, 0.05) is 4.92 Å². The summed E-state index contributed by atoms with van der Waals surface area (Å²) < 4.78 is 0. The predicted octanol–water partition coefficient (Wildman–Crippen LogP) is -6.10. The Morgan fingerprint density at radius 2 is 1.67 bits per heavy atom. The van der Waals surface area contributed by atoms with Crippen LogP contribution in [0, 0.1) is 10.1 Å². The van der Waals surface area contributed by atoms with E-state index >= 15 is 0 Å². The number of hydrogen-bond acceptors (Lipinski definition) is 2. The minimum atomic E-state index is -0.500. The summed E-state index contributed by atoms with van der Waals surface area (Å²) >= 11 is 0. The molecule has 0 N–H and O–H groups in total. The van der Waals surface area contributed by atoms with Crippen molar-refractivity contribution in [1.82, 2.24) is 0 Å². The average molecular weight is 180 g/mol. The molecule has 32 valence electrons. The Hall–Kier alpha value is 1.52. The molecule has 0 heterocycles. The molecule has 0 fully saturated rings. The van der Waals surface area contributed by atoms with E-state index in [2.05, 4.69) is 0 Å². The summed E-state index contributed by atoms with van der Waals surface area (Å²) in [6, 6.07) is 0. The summed E-state index contributed by atoms with van der Waals surface area (Å²) in [6.07, 6.45) is 0. The summed E-state index contributed by atoms with van der Waals surface area (Å²) in [6.45, 7) is 0. The Morgan fingerprint density at radius 3 is 1.67 bits per heavy atom. The zero-order valence-electron chi connectivity index (χ0n) is 3.64. The van der Waals surface area contributed by atoms with Crippen LogP contribution in [0.15, 0.2) is 0 Å². The summed E-state index contributed by atoms with van der Waals surface area (Å²) in [5.41, 5.74) is 0. The zero-order chi connectivity index (χ0) is 3.58. The van der Waals surface area contributed by atoms with Crippen LogP contribution < -0.4 is 68.4 Å². The summed E-state index contributed by atoms with van der Waals surface area (Å²) in [7, 11) is 0.889. The maximum Gasteiger partial charge on any atom is 1.00 e. The van der Waals surface area contributed by atoms with Gasteiger partial charge in [-0.15, -0.1) is 0 Å². The molecule has 0 radical (unpaired) electrons. The van der Waals surface area contributed by atoms with E-state index in [1.807, 2.05) is 0 Å². The van der Waals surface area contributed by atoms with Gasteiger partial charge in [0.25, 0.3) is 0 Å². The summed E-state index contributed by atoms with van der Waals surface area (Å²) in [5.74, 6) is 0. The van der Waals surface area contributed by atoms with Gasteiger partial charge < -0.3 is 17.0 Å². The molecule has 0 saturated heterocycles. The van der Waals surface area contributed by atoms with Crippen LogP contribution in [0.2, 0.25) is 0 Å². The molecule has 0 aromatic carbocycles. The molecule has 0 aliphatic heterocycles. The molecule has 0 unspecified atom stereocenters. The number of halogens is 1. The van der Waals surface area contributed by atoms with Gasteiger partial charge in [0.1, 0.15) is 0 Å². The molecular formula is CH3BrKNO2. The molecule has 0 aromatic rings. The van der Waals surface area contributed by atoms with Gasteiger partial charge in [-0.25, -0.2) is 0 Å². The van der Waals surface area contributed by atoms with E-state index in [0.717, 1.165) is 7.05 Å². The Bertz CT molecular complexity index is 36.5. The first-order valence-corrected chi connectivity index (χ1v) is 0.812. The van der Waals surface area contributed by atoms with Crippen LogP contribution in [0.3, 0.4) is 0 Å². The Kier molecular flexibility index (Phi) is 25.4. The topological polar surface area (TPSA) is 43.1 Å². The van der Waals surface area contributed by atoms with Crippen LogP contribution >= 0.6 is 0 Å². The second-order valence-corrected chi connectivity index (χ2v) is 0.440. The number of hydrogen-bond donors (Lipinski definition) is 0. The van der Waals surface area contributed by atoms with Gasteiger partial charge >= 0.3 is 51.4 Å². The van der Waals surface area contributed by atoms with Crippen LogP contribution in [0.4, 0.5) is 0 Å². The third-order valence-electron chi connectivity index (χ3n) is 0. The van der Waals surface area contributed by atoms with Gasteiger partial charge in [-0.05, 0) is 0 Å². The Labute approximate surface area is 88.8 Å². The van der Waals surface area contributed by atoms with Crippen molar-refractivity contribution in [3.05, 3.63) is 10.1 Å². The molecule has 3 nitrogen and oxygen atoms in total. The molecule has 0 atom stereocenters. The fourth-order valence-electron chi connectivity index (χ4n) is 0. The molecule has 0 spiro atoms. The van der Waals surface area contributed by atoms with E-state index in [1.54, 1.807) is 0 Å². The summed E-state index contributed by atoms with van der Waals surface area (Å²) in [4.78, 5) is 8.31. The minimum Gasteiger partial charge on any atom is -1.00 e. The van der Waals surface area contributed by atoms with Gasteiger partial charge in [-0.3, -0.25) is 10.1 Å². The van der Waals surface area contributed by atoms with Crippen LogP contribution in [-0.4, -0.2) is 12.0 Å². The maximum atomic E-state index is 8.81. The van der Waals surface area contributed by atoms with E-state index in [1.165, 1.54) is 0 Å². The fourth-order valence-corrected chi connectivity index (χ4v) is 0. The molecule has 0 aliphatic rings. The standard InChI is InChI=1S/CH3NO2.BrH.K/c1-2(3)4;;/h1H3;1H;/q;;+1/p-1. The van der Waals surface area contributed by atoms with Crippen molar-refractivity contribution in [2.24, 2.45) is 0 Å². The molecular weight excluding hydrogens is 177 g/mol. The average Bonchev–Trinajstić information content (AvgIpc) is 0.811. The van der Waals surface area contributed by atoms with E-state index < -0.39 is 4.92 Å². The smallest absolute Gasteiger partial charge is 1.00 e. The molecule has 0 aliphatic carbocycles. The first-order chi connectivity index (χ1) is 1.73. The van der Waals surface area contributed by atoms with Crippen molar-refractivity contribution in [3.8, 4) is 0 Å². The van der Waals surface area contributed by atoms with Crippen molar-refractivity contribution >= 4 is 0 Å². The van der Waals surface area contributed by atoms with E-state index in [0.29, 0.717) is 0 Å². The first kappa shape index (κ1) is 15.6. The second-order valence-electron chi connectivity index (χ2n) is 0.440. The predicted molar refractivity (Wildman–Crippen MR) is 12.9 cm³/mol.